The summed E-state index contributed by atoms with van der Waals surface area (Å²) in [5.41, 5.74) is 2.31. The number of anilines is 1. The maximum Gasteiger partial charge on any atom is 0.255 e. The van der Waals surface area contributed by atoms with Crippen molar-refractivity contribution in [2.45, 2.75) is 50.3 Å². The van der Waals surface area contributed by atoms with E-state index in [1.54, 1.807) is 38.1 Å². The number of rotatable bonds is 6. The van der Waals surface area contributed by atoms with Crippen LogP contribution < -0.4 is 10.0 Å². The third-order valence-electron chi connectivity index (χ3n) is 5.16. The second-order valence-corrected chi connectivity index (χ2v) is 10.1. The Kier molecular flexibility index (Phi) is 6.43. The first-order valence-corrected chi connectivity index (χ1v) is 11.4. The van der Waals surface area contributed by atoms with Gasteiger partial charge in [-0.1, -0.05) is 30.2 Å². The second-order valence-electron chi connectivity index (χ2n) is 7.44. The van der Waals surface area contributed by atoms with Crippen LogP contribution in [0.1, 0.15) is 54.9 Å². The minimum Gasteiger partial charge on any atom is -0.322 e. The Morgan fingerprint density at radius 2 is 1.68 bits per heavy atom. The first-order valence-electron chi connectivity index (χ1n) is 9.44. The summed E-state index contributed by atoms with van der Waals surface area (Å²) in [6, 6.07) is 14.3. The van der Waals surface area contributed by atoms with Gasteiger partial charge in [-0.3, -0.25) is 4.79 Å². The summed E-state index contributed by atoms with van der Waals surface area (Å²) in [7, 11) is -3.30. The predicted octanol–water partition coefficient (Wildman–Crippen LogP) is 4.56. The number of sulfonamides is 1. The fraction of sp³-hybridized carbons (Fsp3) is 0.381. The standard InChI is InChI=1S/C21H25ClN2O3S/c1-14(2)28(26,27)24-20-5-3-4-19(20)15-8-12-18(13-9-15)23-21(25)16-6-10-17(22)11-7-16/h6-14,19-20,24H,3-5H2,1-2H3,(H,23,25)/t19-,20?/m1/s1. The first-order chi connectivity index (χ1) is 13.3. The lowest BCUT2D eigenvalue weighted by atomic mass is 9.94. The highest BCUT2D eigenvalue weighted by Crippen LogP contribution is 2.35. The van der Waals surface area contributed by atoms with Gasteiger partial charge in [-0.2, -0.15) is 0 Å². The zero-order chi connectivity index (χ0) is 20.3. The maximum absolute atomic E-state index is 12.3. The quantitative estimate of drug-likeness (QED) is 0.719. The molecule has 150 valence electrons. The van der Waals surface area contributed by atoms with Gasteiger partial charge >= 0.3 is 0 Å². The van der Waals surface area contributed by atoms with E-state index < -0.39 is 15.3 Å². The predicted molar refractivity (Wildman–Crippen MR) is 113 cm³/mol. The summed E-state index contributed by atoms with van der Waals surface area (Å²) >= 11 is 5.85. The Morgan fingerprint density at radius 1 is 1.04 bits per heavy atom. The zero-order valence-electron chi connectivity index (χ0n) is 16.0. The van der Waals surface area contributed by atoms with E-state index in [0.29, 0.717) is 16.3 Å². The van der Waals surface area contributed by atoms with Gasteiger partial charge in [-0.15, -0.1) is 0 Å². The van der Waals surface area contributed by atoms with Crippen LogP contribution in [0.4, 0.5) is 5.69 Å². The molecule has 1 aliphatic rings. The van der Waals surface area contributed by atoms with Crippen LogP contribution in [0.3, 0.4) is 0 Å². The van der Waals surface area contributed by atoms with Gasteiger partial charge in [0.1, 0.15) is 0 Å². The van der Waals surface area contributed by atoms with Crippen LogP contribution in [-0.4, -0.2) is 25.6 Å². The van der Waals surface area contributed by atoms with Crippen molar-refractivity contribution in [2.75, 3.05) is 5.32 Å². The molecule has 5 nitrogen and oxygen atoms in total. The molecule has 2 aromatic rings. The van der Waals surface area contributed by atoms with Crippen LogP contribution >= 0.6 is 11.6 Å². The van der Waals surface area contributed by atoms with E-state index in [0.717, 1.165) is 24.8 Å². The first kappa shape index (κ1) is 20.8. The monoisotopic (exact) mass is 420 g/mol. The van der Waals surface area contributed by atoms with Crippen molar-refractivity contribution in [1.29, 1.82) is 0 Å². The Morgan fingerprint density at radius 3 is 2.29 bits per heavy atom. The SMILES string of the molecule is CC(C)S(=O)(=O)NC1CCC[C@@H]1c1ccc(NC(=O)c2ccc(Cl)cc2)cc1. The summed E-state index contributed by atoms with van der Waals surface area (Å²) in [6.07, 6.45) is 2.78. The number of hydrogen-bond acceptors (Lipinski definition) is 3. The minimum atomic E-state index is -3.30. The van der Waals surface area contributed by atoms with Crippen molar-refractivity contribution in [1.82, 2.24) is 4.72 Å². The number of halogens is 1. The summed E-state index contributed by atoms with van der Waals surface area (Å²) < 4.78 is 27.3. The van der Waals surface area contributed by atoms with E-state index in [1.807, 2.05) is 24.3 Å². The number of amides is 1. The minimum absolute atomic E-state index is 0.0816. The summed E-state index contributed by atoms with van der Waals surface area (Å²) in [5.74, 6) is -0.0533. The fourth-order valence-corrected chi connectivity index (χ4v) is 4.57. The molecule has 7 heteroatoms. The molecule has 0 bridgehead atoms. The Hall–Kier alpha value is -1.89. The molecule has 2 N–H and O–H groups in total. The number of nitrogens with one attached hydrogen (secondary N) is 2. The smallest absolute Gasteiger partial charge is 0.255 e. The van der Waals surface area contributed by atoms with E-state index in [4.69, 9.17) is 11.6 Å². The summed E-state index contributed by atoms with van der Waals surface area (Å²) in [4.78, 5) is 12.3. The molecule has 1 fully saturated rings. The lowest BCUT2D eigenvalue weighted by Crippen LogP contribution is -2.40. The molecule has 0 spiro atoms. The molecule has 1 amide bonds. The second kappa shape index (κ2) is 8.64. The topological polar surface area (TPSA) is 75.3 Å². The normalized spacial score (nSPS) is 19.7. The van der Waals surface area contributed by atoms with Crippen LogP contribution in [0, 0.1) is 0 Å². The number of hydrogen-bond donors (Lipinski definition) is 2. The van der Waals surface area contributed by atoms with Gasteiger partial charge < -0.3 is 5.32 Å². The Labute approximate surface area is 171 Å². The third-order valence-corrected chi connectivity index (χ3v) is 7.28. The largest absolute Gasteiger partial charge is 0.322 e. The van der Waals surface area contributed by atoms with Gasteiger partial charge in [-0.05, 0) is 68.7 Å². The zero-order valence-corrected chi connectivity index (χ0v) is 17.6. The maximum atomic E-state index is 12.3. The molecule has 1 aliphatic carbocycles. The average molecular weight is 421 g/mol. The highest BCUT2D eigenvalue weighted by molar-refractivity contribution is 7.90. The molecule has 1 unspecified atom stereocenters. The van der Waals surface area contributed by atoms with Gasteiger partial charge in [-0.25, -0.2) is 13.1 Å². The van der Waals surface area contributed by atoms with Gasteiger partial charge in [0, 0.05) is 28.2 Å². The number of carbonyl (C=O) groups is 1. The van der Waals surface area contributed by atoms with Crippen molar-refractivity contribution < 1.29 is 13.2 Å². The molecule has 2 atom stereocenters. The van der Waals surface area contributed by atoms with Crippen LogP contribution in [0.25, 0.3) is 0 Å². The molecular formula is C21H25ClN2O3S. The molecule has 1 saturated carbocycles. The van der Waals surface area contributed by atoms with Crippen molar-refractivity contribution >= 4 is 33.2 Å². The fourth-order valence-electron chi connectivity index (χ4n) is 3.47. The molecule has 0 radical (unpaired) electrons. The van der Waals surface area contributed by atoms with Crippen LogP contribution in [-0.2, 0) is 10.0 Å². The van der Waals surface area contributed by atoms with Crippen molar-refractivity contribution in [3.8, 4) is 0 Å². The third kappa shape index (κ3) is 4.93. The molecule has 2 aromatic carbocycles. The van der Waals surface area contributed by atoms with E-state index in [-0.39, 0.29) is 17.9 Å². The molecule has 0 heterocycles. The molecule has 0 saturated heterocycles. The highest BCUT2D eigenvalue weighted by Gasteiger charge is 2.32. The summed E-state index contributed by atoms with van der Waals surface area (Å²) in [6.45, 7) is 3.37. The van der Waals surface area contributed by atoms with Gasteiger partial charge in [0.05, 0.1) is 5.25 Å². The van der Waals surface area contributed by atoms with E-state index in [2.05, 4.69) is 10.0 Å². The van der Waals surface area contributed by atoms with Crippen molar-refractivity contribution in [3.05, 3.63) is 64.7 Å². The molecule has 0 aromatic heterocycles. The van der Waals surface area contributed by atoms with Crippen LogP contribution in [0.15, 0.2) is 48.5 Å². The molecule has 28 heavy (non-hydrogen) atoms. The summed E-state index contributed by atoms with van der Waals surface area (Å²) in [5, 5.41) is 3.00. The number of benzene rings is 2. The molecule has 0 aliphatic heterocycles. The van der Waals surface area contributed by atoms with Gasteiger partial charge in [0.25, 0.3) is 5.91 Å². The van der Waals surface area contributed by atoms with E-state index in [1.165, 1.54) is 0 Å². The molecular weight excluding hydrogens is 396 g/mol. The van der Waals surface area contributed by atoms with Crippen molar-refractivity contribution in [3.63, 3.8) is 0 Å². The lowest BCUT2D eigenvalue weighted by molar-refractivity contribution is 0.102. The van der Waals surface area contributed by atoms with Crippen LogP contribution in [0.5, 0.6) is 0 Å². The Bertz CT molecular complexity index is 925. The van der Waals surface area contributed by atoms with E-state index in [9.17, 15) is 13.2 Å². The lowest BCUT2D eigenvalue weighted by Gasteiger charge is -2.23. The number of carbonyl (C=O) groups excluding carboxylic acids is 1. The van der Waals surface area contributed by atoms with Gasteiger partial charge in [0.15, 0.2) is 0 Å². The Balaban J connectivity index is 1.68. The van der Waals surface area contributed by atoms with Gasteiger partial charge in [0.2, 0.25) is 10.0 Å². The van der Waals surface area contributed by atoms with E-state index >= 15 is 0 Å². The van der Waals surface area contributed by atoms with Crippen LogP contribution in [0.2, 0.25) is 5.02 Å². The molecule has 3 rings (SSSR count). The highest BCUT2D eigenvalue weighted by atomic mass is 35.5. The van der Waals surface area contributed by atoms with Crippen molar-refractivity contribution in [2.24, 2.45) is 0 Å². The average Bonchev–Trinajstić information content (AvgIpc) is 3.10.